The Morgan fingerprint density at radius 2 is 2.00 bits per heavy atom. The van der Waals surface area contributed by atoms with Crippen molar-refractivity contribution in [1.29, 1.82) is 0 Å². The van der Waals surface area contributed by atoms with Gasteiger partial charge in [-0.15, -0.1) is 0 Å². The van der Waals surface area contributed by atoms with Crippen LogP contribution in [0.4, 0.5) is 0 Å². The number of aromatic nitrogens is 2. The van der Waals surface area contributed by atoms with Crippen molar-refractivity contribution >= 4 is 5.91 Å². The molecular formula is C24H27N3O4. The number of hydrogen-bond acceptors (Lipinski definition) is 6. The van der Waals surface area contributed by atoms with Gasteiger partial charge in [-0.05, 0) is 61.9 Å². The molecule has 0 radical (unpaired) electrons. The zero-order chi connectivity index (χ0) is 21.8. The first kappa shape index (κ1) is 20.9. The molecule has 7 nitrogen and oxygen atoms in total. The number of likely N-dealkylation sites (N-methyl/N-ethyl adjacent to an activating group) is 1. The van der Waals surface area contributed by atoms with E-state index >= 15 is 0 Å². The van der Waals surface area contributed by atoms with Gasteiger partial charge in [0.05, 0.1) is 13.7 Å². The molecule has 0 saturated carbocycles. The highest BCUT2D eigenvalue weighted by atomic mass is 16.5. The molecule has 7 heteroatoms. The molecule has 0 bridgehead atoms. The highest BCUT2D eigenvalue weighted by Gasteiger charge is 2.23. The molecule has 1 aromatic heterocycles. The van der Waals surface area contributed by atoms with Gasteiger partial charge >= 0.3 is 0 Å². The van der Waals surface area contributed by atoms with Gasteiger partial charge in [-0.1, -0.05) is 29.4 Å². The van der Waals surface area contributed by atoms with Gasteiger partial charge < -0.3 is 18.9 Å². The number of benzene rings is 2. The minimum absolute atomic E-state index is 0.144. The lowest BCUT2D eigenvalue weighted by atomic mass is 9.91. The van der Waals surface area contributed by atoms with E-state index in [1.54, 1.807) is 26.0 Å². The van der Waals surface area contributed by atoms with Crippen LogP contribution >= 0.6 is 0 Å². The number of nitrogens with zero attached hydrogens (tertiary/aromatic N) is 3. The van der Waals surface area contributed by atoms with Crippen molar-refractivity contribution in [3.63, 3.8) is 0 Å². The van der Waals surface area contributed by atoms with Gasteiger partial charge in [0.25, 0.3) is 5.91 Å². The Morgan fingerprint density at radius 3 is 2.84 bits per heavy atom. The molecule has 0 spiro atoms. The van der Waals surface area contributed by atoms with Gasteiger partial charge in [0.15, 0.2) is 6.10 Å². The van der Waals surface area contributed by atoms with Gasteiger partial charge in [0, 0.05) is 12.6 Å². The van der Waals surface area contributed by atoms with Crippen molar-refractivity contribution in [2.45, 2.75) is 45.3 Å². The summed E-state index contributed by atoms with van der Waals surface area (Å²) in [4.78, 5) is 18.8. The topological polar surface area (TPSA) is 77.7 Å². The molecule has 1 aliphatic carbocycles. The van der Waals surface area contributed by atoms with Crippen LogP contribution in [-0.2, 0) is 24.2 Å². The van der Waals surface area contributed by atoms with Crippen molar-refractivity contribution in [3.8, 4) is 22.9 Å². The maximum atomic E-state index is 12.9. The van der Waals surface area contributed by atoms with Crippen LogP contribution in [0.3, 0.4) is 0 Å². The highest BCUT2D eigenvalue weighted by molar-refractivity contribution is 5.80. The van der Waals surface area contributed by atoms with Crippen LogP contribution in [0.2, 0.25) is 0 Å². The molecule has 1 atom stereocenters. The number of rotatable bonds is 7. The lowest BCUT2D eigenvalue weighted by Gasteiger charge is -2.24. The van der Waals surface area contributed by atoms with Crippen molar-refractivity contribution in [2.75, 3.05) is 14.2 Å². The Kier molecular flexibility index (Phi) is 6.21. The smallest absolute Gasteiger partial charge is 0.263 e. The predicted octanol–water partition coefficient (Wildman–Crippen LogP) is 4.05. The summed E-state index contributed by atoms with van der Waals surface area (Å²) in [5, 5.41) is 4.02. The van der Waals surface area contributed by atoms with E-state index in [0.29, 0.717) is 17.5 Å². The van der Waals surface area contributed by atoms with Crippen LogP contribution < -0.4 is 9.47 Å². The molecule has 1 heterocycles. The average Bonchev–Trinajstić information content (AvgIpc) is 3.27. The molecule has 0 fully saturated rings. The number of fused-ring (bicyclic) bond motifs is 1. The zero-order valence-electron chi connectivity index (χ0n) is 18.1. The fourth-order valence-corrected chi connectivity index (χ4v) is 3.89. The second kappa shape index (κ2) is 9.20. The minimum Gasteiger partial charge on any atom is -0.497 e. The first-order valence-corrected chi connectivity index (χ1v) is 10.5. The van der Waals surface area contributed by atoms with Crippen LogP contribution in [0.1, 0.15) is 36.8 Å². The number of aryl methyl sites for hydroxylation is 1. The molecular weight excluding hydrogens is 394 g/mol. The van der Waals surface area contributed by atoms with Crippen molar-refractivity contribution < 1.29 is 18.8 Å². The number of carbonyl (C=O) groups is 1. The van der Waals surface area contributed by atoms with E-state index in [2.05, 4.69) is 16.2 Å². The quantitative estimate of drug-likeness (QED) is 0.573. The fourth-order valence-electron chi connectivity index (χ4n) is 3.89. The van der Waals surface area contributed by atoms with Gasteiger partial charge in [-0.2, -0.15) is 4.98 Å². The molecule has 2 aromatic carbocycles. The second-order valence-electron chi connectivity index (χ2n) is 7.80. The molecule has 0 unspecified atom stereocenters. The molecule has 31 heavy (non-hydrogen) atoms. The highest BCUT2D eigenvalue weighted by Crippen LogP contribution is 2.30. The monoisotopic (exact) mass is 421 g/mol. The van der Waals surface area contributed by atoms with Crippen LogP contribution in [0.15, 0.2) is 47.0 Å². The van der Waals surface area contributed by atoms with E-state index in [0.717, 1.165) is 30.6 Å². The summed E-state index contributed by atoms with van der Waals surface area (Å²) in [6, 6.07) is 13.5. The van der Waals surface area contributed by atoms with Gasteiger partial charge in [-0.25, -0.2) is 0 Å². The maximum absolute atomic E-state index is 12.9. The second-order valence-corrected chi connectivity index (χ2v) is 7.80. The van der Waals surface area contributed by atoms with E-state index < -0.39 is 6.10 Å². The number of ether oxygens (including phenoxy) is 2. The van der Waals surface area contributed by atoms with Crippen molar-refractivity contribution in [1.82, 2.24) is 15.0 Å². The summed E-state index contributed by atoms with van der Waals surface area (Å²) >= 11 is 0. The van der Waals surface area contributed by atoms with E-state index in [9.17, 15) is 4.79 Å². The van der Waals surface area contributed by atoms with Crippen LogP contribution in [0, 0.1) is 0 Å². The van der Waals surface area contributed by atoms with Crippen molar-refractivity contribution in [3.05, 3.63) is 59.5 Å². The molecule has 0 saturated heterocycles. The Hall–Kier alpha value is -3.35. The lowest BCUT2D eigenvalue weighted by molar-refractivity contribution is -0.137. The number of carbonyl (C=O) groups excluding carboxylic acids is 1. The fraction of sp³-hybridized carbons (Fsp3) is 0.375. The van der Waals surface area contributed by atoms with Gasteiger partial charge in [0.1, 0.15) is 11.5 Å². The Bertz CT molecular complexity index is 1060. The molecule has 3 aromatic rings. The van der Waals surface area contributed by atoms with E-state index in [-0.39, 0.29) is 12.5 Å². The summed E-state index contributed by atoms with van der Waals surface area (Å²) in [7, 11) is 3.31. The van der Waals surface area contributed by atoms with E-state index in [1.165, 1.54) is 17.5 Å². The predicted molar refractivity (Wildman–Crippen MR) is 116 cm³/mol. The van der Waals surface area contributed by atoms with Crippen molar-refractivity contribution in [2.24, 2.45) is 0 Å². The van der Waals surface area contributed by atoms with E-state index in [1.807, 2.05) is 36.4 Å². The molecule has 0 aliphatic heterocycles. The molecule has 1 amide bonds. The number of amides is 1. The Labute approximate surface area is 182 Å². The number of hydrogen-bond donors (Lipinski definition) is 0. The van der Waals surface area contributed by atoms with Gasteiger partial charge in [0.2, 0.25) is 11.7 Å². The number of methoxy groups -OCH3 is 1. The summed E-state index contributed by atoms with van der Waals surface area (Å²) < 4.78 is 16.6. The van der Waals surface area contributed by atoms with Gasteiger partial charge in [-0.3, -0.25) is 4.79 Å². The maximum Gasteiger partial charge on any atom is 0.263 e. The third kappa shape index (κ3) is 4.71. The lowest BCUT2D eigenvalue weighted by Crippen LogP contribution is -2.37. The Morgan fingerprint density at radius 1 is 1.19 bits per heavy atom. The normalized spacial score (nSPS) is 13.9. The molecule has 4 rings (SSSR count). The summed E-state index contributed by atoms with van der Waals surface area (Å²) in [6.07, 6.45) is 3.82. The first-order valence-electron chi connectivity index (χ1n) is 10.5. The molecule has 162 valence electrons. The van der Waals surface area contributed by atoms with Crippen LogP contribution in [0.5, 0.6) is 11.5 Å². The SMILES string of the molecule is COc1cccc(-c2noc(CN(C)C(=O)[C@@H](C)Oc3cccc4c3CCCC4)n2)c1. The average molecular weight is 421 g/mol. The van der Waals surface area contributed by atoms with E-state index in [4.69, 9.17) is 14.0 Å². The third-order valence-corrected chi connectivity index (χ3v) is 5.55. The Balaban J connectivity index is 1.40. The zero-order valence-corrected chi connectivity index (χ0v) is 18.1. The standard InChI is InChI=1S/C24H27N3O4/c1-16(30-21-13-7-9-17-8-4-5-12-20(17)21)24(28)27(2)15-22-25-23(26-31-22)18-10-6-11-19(14-18)29-3/h6-7,9-11,13-14,16H,4-5,8,12,15H2,1-3H3/t16-/m1/s1. The third-order valence-electron chi connectivity index (χ3n) is 5.55. The minimum atomic E-state index is -0.612. The molecule has 0 N–H and O–H groups in total. The first-order chi connectivity index (χ1) is 15.0. The van der Waals surface area contributed by atoms with Crippen LogP contribution in [0.25, 0.3) is 11.4 Å². The largest absolute Gasteiger partial charge is 0.497 e. The summed E-state index contributed by atoms with van der Waals surface area (Å²) in [5.74, 6) is 2.19. The molecule has 1 aliphatic rings. The summed E-state index contributed by atoms with van der Waals surface area (Å²) in [6.45, 7) is 1.98. The summed E-state index contributed by atoms with van der Waals surface area (Å²) in [5.41, 5.74) is 3.34. The van der Waals surface area contributed by atoms with Crippen LogP contribution in [-0.4, -0.2) is 41.2 Å².